The molecule has 1 aromatic carbocycles. The lowest BCUT2D eigenvalue weighted by atomic mass is 10.2. The lowest BCUT2D eigenvalue weighted by Gasteiger charge is -2.09. The van der Waals surface area contributed by atoms with Gasteiger partial charge in [0.2, 0.25) is 0 Å². The van der Waals surface area contributed by atoms with Gasteiger partial charge in [0.05, 0.1) is 26.9 Å². The second-order valence-electron chi connectivity index (χ2n) is 4.36. The van der Waals surface area contributed by atoms with E-state index >= 15 is 0 Å². The Bertz CT molecular complexity index is 712. The standard InChI is InChI=1S/C13H12ClN3O4/c1-8-13(14)11(16(2)15-8)7-21-12-4-3-10(17(19)20)5-9(12)6-18/h3-6H,7H2,1-2H3. The number of ether oxygens (including phenoxy) is 1. The van der Waals surface area contributed by atoms with Crippen LogP contribution < -0.4 is 4.74 Å². The number of aryl methyl sites for hydroxylation is 2. The number of carbonyl (C=O) groups is 1. The minimum atomic E-state index is -0.571. The zero-order chi connectivity index (χ0) is 15.6. The molecule has 0 atom stereocenters. The number of nitro groups is 1. The normalized spacial score (nSPS) is 10.4. The van der Waals surface area contributed by atoms with Crippen molar-refractivity contribution in [2.45, 2.75) is 13.5 Å². The van der Waals surface area contributed by atoms with Crippen LogP contribution in [0.15, 0.2) is 18.2 Å². The first kappa shape index (κ1) is 15.0. The Morgan fingerprint density at radius 2 is 2.24 bits per heavy atom. The van der Waals surface area contributed by atoms with E-state index in [4.69, 9.17) is 16.3 Å². The number of non-ortho nitro benzene ring substituents is 1. The summed E-state index contributed by atoms with van der Waals surface area (Å²) in [4.78, 5) is 21.1. The number of carbonyl (C=O) groups excluding carboxylic acids is 1. The van der Waals surface area contributed by atoms with Crippen molar-refractivity contribution in [2.75, 3.05) is 0 Å². The minimum Gasteiger partial charge on any atom is -0.486 e. The molecule has 0 spiro atoms. The topological polar surface area (TPSA) is 87.3 Å². The molecule has 2 rings (SSSR count). The fraction of sp³-hybridized carbons (Fsp3) is 0.231. The Labute approximate surface area is 125 Å². The van der Waals surface area contributed by atoms with Gasteiger partial charge < -0.3 is 4.74 Å². The first-order valence-corrected chi connectivity index (χ1v) is 6.36. The molecule has 0 saturated heterocycles. The smallest absolute Gasteiger partial charge is 0.270 e. The number of benzene rings is 1. The van der Waals surface area contributed by atoms with E-state index in [1.165, 1.54) is 18.2 Å². The van der Waals surface area contributed by atoms with Gasteiger partial charge in [-0.1, -0.05) is 11.6 Å². The molecular weight excluding hydrogens is 298 g/mol. The number of nitrogens with zero attached hydrogens (tertiary/aromatic N) is 3. The van der Waals surface area contributed by atoms with Crippen molar-refractivity contribution < 1.29 is 14.5 Å². The summed E-state index contributed by atoms with van der Waals surface area (Å²) in [5.74, 6) is 0.255. The summed E-state index contributed by atoms with van der Waals surface area (Å²) in [6, 6.07) is 3.83. The number of aldehydes is 1. The van der Waals surface area contributed by atoms with Crippen molar-refractivity contribution in [1.82, 2.24) is 9.78 Å². The predicted octanol–water partition coefficient (Wildman–Crippen LogP) is 2.68. The van der Waals surface area contributed by atoms with Crippen LogP contribution in [-0.4, -0.2) is 21.0 Å². The maximum Gasteiger partial charge on any atom is 0.270 e. The second kappa shape index (κ2) is 5.92. The highest BCUT2D eigenvalue weighted by molar-refractivity contribution is 6.31. The summed E-state index contributed by atoms with van der Waals surface area (Å²) in [6.45, 7) is 1.88. The molecule has 0 saturated carbocycles. The average molecular weight is 310 g/mol. The van der Waals surface area contributed by atoms with Crippen LogP contribution >= 0.6 is 11.6 Å². The van der Waals surface area contributed by atoms with E-state index < -0.39 is 4.92 Å². The van der Waals surface area contributed by atoms with Crippen molar-refractivity contribution in [3.8, 4) is 5.75 Å². The molecule has 0 aliphatic carbocycles. The van der Waals surface area contributed by atoms with Gasteiger partial charge in [0.1, 0.15) is 12.4 Å². The largest absolute Gasteiger partial charge is 0.486 e. The van der Waals surface area contributed by atoms with Crippen LogP contribution in [0.25, 0.3) is 0 Å². The average Bonchev–Trinajstić information content (AvgIpc) is 2.70. The predicted molar refractivity (Wildman–Crippen MR) is 75.8 cm³/mol. The van der Waals surface area contributed by atoms with Gasteiger partial charge in [-0.05, 0) is 13.0 Å². The van der Waals surface area contributed by atoms with Gasteiger partial charge in [-0.25, -0.2) is 0 Å². The monoisotopic (exact) mass is 309 g/mol. The van der Waals surface area contributed by atoms with Gasteiger partial charge in [0.25, 0.3) is 5.69 Å². The molecule has 0 amide bonds. The highest BCUT2D eigenvalue weighted by Gasteiger charge is 2.14. The van der Waals surface area contributed by atoms with Crippen molar-refractivity contribution in [3.05, 3.63) is 50.3 Å². The molecule has 1 heterocycles. The minimum absolute atomic E-state index is 0.106. The van der Waals surface area contributed by atoms with E-state index in [2.05, 4.69) is 5.10 Å². The molecule has 21 heavy (non-hydrogen) atoms. The molecule has 110 valence electrons. The van der Waals surface area contributed by atoms with Crippen LogP contribution in [0.2, 0.25) is 5.02 Å². The Kier molecular flexibility index (Phi) is 4.23. The molecule has 1 aromatic heterocycles. The van der Waals surface area contributed by atoms with E-state index in [1.54, 1.807) is 18.7 Å². The maximum absolute atomic E-state index is 11.0. The Morgan fingerprint density at radius 1 is 1.52 bits per heavy atom. The fourth-order valence-corrected chi connectivity index (χ4v) is 2.07. The third kappa shape index (κ3) is 3.03. The van der Waals surface area contributed by atoms with E-state index in [0.717, 1.165) is 0 Å². The number of nitro benzene ring substituents is 1. The van der Waals surface area contributed by atoms with E-state index in [-0.39, 0.29) is 23.6 Å². The number of rotatable bonds is 5. The Morgan fingerprint density at radius 3 is 2.76 bits per heavy atom. The summed E-state index contributed by atoms with van der Waals surface area (Å²) in [5, 5.41) is 15.3. The highest BCUT2D eigenvalue weighted by Crippen LogP contribution is 2.25. The van der Waals surface area contributed by atoms with Crippen LogP contribution in [0, 0.1) is 17.0 Å². The van der Waals surface area contributed by atoms with Crippen molar-refractivity contribution in [2.24, 2.45) is 7.05 Å². The van der Waals surface area contributed by atoms with Crippen LogP contribution in [0.4, 0.5) is 5.69 Å². The molecule has 0 aliphatic rings. The molecule has 0 N–H and O–H groups in total. The van der Waals surface area contributed by atoms with Gasteiger partial charge in [-0.3, -0.25) is 19.6 Å². The molecule has 0 radical (unpaired) electrons. The fourth-order valence-electron chi connectivity index (χ4n) is 1.86. The van der Waals surface area contributed by atoms with Crippen molar-refractivity contribution in [3.63, 3.8) is 0 Å². The van der Waals surface area contributed by atoms with E-state index in [0.29, 0.717) is 22.7 Å². The van der Waals surface area contributed by atoms with Gasteiger partial charge in [-0.15, -0.1) is 0 Å². The summed E-state index contributed by atoms with van der Waals surface area (Å²) in [5.41, 5.74) is 1.28. The van der Waals surface area contributed by atoms with Crippen LogP contribution in [0.3, 0.4) is 0 Å². The first-order chi connectivity index (χ1) is 9.93. The Hall–Kier alpha value is -2.41. The van der Waals surface area contributed by atoms with Gasteiger partial charge in [-0.2, -0.15) is 5.10 Å². The zero-order valence-corrected chi connectivity index (χ0v) is 12.1. The maximum atomic E-state index is 11.0. The van der Waals surface area contributed by atoms with Crippen molar-refractivity contribution in [1.29, 1.82) is 0 Å². The SMILES string of the molecule is Cc1nn(C)c(COc2ccc([N+](=O)[O-])cc2C=O)c1Cl. The van der Waals surface area contributed by atoms with Crippen molar-refractivity contribution >= 4 is 23.6 Å². The quantitative estimate of drug-likeness (QED) is 0.481. The zero-order valence-electron chi connectivity index (χ0n) is 11.4. The van der Waals surface area contributed by atoms with E-state index in [9.17, 15) is 14.9 Å². The summed E-state index contributed by atoms with van der Waals surface area (Å²) >= 11 is 6.10. The molecule has 0 unspecified atom stereocenters. The van der Waals surface area contributed by atoms with Gasteiger partial charge in [0.15, 0.2) is 6.29 Å². The molecule has 0 bridgehead atoms. The van der Waals surface area contributed by atoms with Gasteiger partial charge >= 0.3 is 0 Å². The number of aromatic nitrogens is 2. The molecule has 8 heteroatoms. The molecule has 2 aromatic rings. The number of hydrogen-bond acceptors (Lipinski definition) is 5. The third-order valence-electron chi connectivity index (χ3n) is 2.96. The molecule has 0 aliphatic heterocycles. The summed E-state index contributed by atoms with van der Waals surface area (Å²) in [6.07, 6.45) is 0.512. The summed E-state index contributed by atoms with van der Waals surface area (Å²) < 4.78 is 7.11. The molecule has 0 fully saturated rings. The highest BCUT2D eigenvalue weighted by atomic mass is 35.5. The lowest BCUT2D eigenvalue weighted by molar-refractivity contribution is -0.384. The van der Waals surface area contributed by atoms with Gasteiger partial charge in [0, 0.05) is 19.2 Å². The molecular formula is C13H12ClN3O4. The summed E-state index contributed by atoms with van der Waals surface area (Å²) in [7, 11) is 1.73. The third-order valence-corrected chi connectivity index (χ3v) is 3.45. The first-order valence-electron chi connectivity index (χ1n) is 5.98. The number of halogens is 1. The van der Waals surface area contributed by atoms with Crippen LogP contribution in [-0.2, 0) is 13.7 Å². The van der Waals surface area contributed by atoms with Crippen LogP contribution in [0.1, 0.15) is 21.7 Å². The second-order valence-corrected chi connectivity index (χ2v) is 4.73. The number of hydrogen-bond donors (Lipinski definition) is 0. The van der Waals surface area contributed by atoms with Crippen LogP contribution in [0.5, 0.6) is 5.75 Å². The molecule has 7 nitrogen and oxygen atoms in total. The van der Waals surface area contributed by atoms with E-state index in [1.807, 2.05) is 0 Å². The lowest BCUT2D eigenvalue weighted by Crippen LogP contribution is -2.05. The Balaban J connectivity index is 2.24.